The van der Waals surface area contributed by atoms with Crippen molar-refractivity contribution >= 4 is 11.6 Å². The predicted octanol–water partition coefficient (Wildman–Crippen LogP) is 2.55. The Labute approximate surface area is 107 Å². The van der Waals surface area contributed by atoms with E-state index in [0.717, 1.165) is 0 Å². The Morgan fingerprint density at radius 3 is 2.72 bits per heavy atom. The molecule has 4 nitrogen and oxygen atoms in total. The Morgan fingerprint density at radius 1 is 1.44 bits per heavy atom. The number of methoxy groups -OCH3 is 1. The van der Waals surface area contributed by atoms with Gasteiger partial charge in [-0.2, -0.15) is 4.39 Å². The van der Waals surface area contributed by atoms with Gasteiger partial charge in [0.1, 0.15) is 11.6 Å². The van der Waals surface area contributed by atoms with Crippen LogP contribution >= 0.6 is 11.6 Å². The molecule has 0 bridgehead atoms. The maximum absolute atomic E-state index is 13.2. The van der Waals surface area contributed by atoms with E-state index in [4.69, 9.17) is 16.3 Å². The lowest BCUT2D eigenvalue weighted by Crippen LogP contribution is -2.15. The van der Waals surface area contributed by atoms with E-state index in [1.807, 2.05) is 0 Å². The minimum Gasteiger partial charge on any atom is -0.495 e. The lowest BCUT2D eigenvalue weighted by atomic mass is 10.2. The molecule has 18 heavy (non-hydrogen) atoms. The first-order valence-corrected chi connectivity index (χ1v) is 5.51. The van der Waals surface area contributed by atoms with Crippen LogP contribution in [0.2, 0.25) is 5.02 Å². The molecule has 1 aromatic heterocycles. The number of hydrogen-bond acceptors (Lipinski definition) is 3. The fourth-order valence-electron chi connectivity index (χ4n) is 1.52. The number of hydrogen-bond donors (Lipinski definition) is 1. The third-order valence-electron chi connectivity index (χ3n) is 2.45. The first kappa shape index (κ1) is 12.6. The second kappa shape index (κ2) is 4.78. The molecule has 94 valence electrons. The summed E-state index contributed by atoms with van der Waals surface area (Å²) in [5.41, 5.74) is -0.175. The maximum Gasteiger partial charge on any atom is 0.287 e. The monoisotopic (exact) mass is 268 g/mol. The quantitative estimate of drug-likeness (QED) is 0.911. The smallest absolute Gasteiger partial charge is 0.287 e. The molecule has 0 unspecified atom stereocenters. The first-order valence-electron chi connectivity index (χ1n) is 5.13. The summed E-state index contributed by atoms with van der Waals surface area (Å²) in [7, 11) is 1.50. The fourth-order valence-corrected chi connectivity index (χ4v) is 1.78. The van der Waals surface area contributed by atoms with E-state index in [2.05, 4.69) is 9.97 Å². The molecule has 0 fully saturated rings. The Balaban J connectivity index is 2.56. The van der Waals surface area contributed by atoms with Gasteiger partial charge in [-0.15, -0.1) is 0 Å². The number of nitrogens with one attached hydrogen (secondary N) is 1. The first-order chi connectivity index (χ1) is 8.52. The molecule has 0 aliphatic rings. The Bertz CT molecular complexity index is 655. The molecular formula is C12H10ClFN2O2. The summed E-state index contributed by atoms with van der Waals surface area (Å²) in [6.07, 6.45) is 0. The average Bonchev–Trinajstić information content (AvgIpc) is 2.35. The summed E-state index contributed by atoms with van der Waals surface area (Å²) >= 11 is 5.97. The van der Waals surface area contributed by atoms with E-state index in [1.54, 1.807) is 18.2 Å². The molecule has 6 heteroatoms. The molecule has 0 saturated carbocycles. The van der Waals surface area contributed by atoms with Crippen molar-refractivity contribution in [2.24, 2.45) is 0 Å². The van der Waals surface area contributed by atoms with Gasteiger partial charge in [0.25, 0.3) is 5.56 Å². The molecule has 1 N–H and O–H groups in total. The summed E-state index contributed by atoms with van der Waals surface area (Å²) in [5, 5.41) is 0.389. The van der Waals surface area contributed by atoms with Gasteiger partial charge in [-0.25, -0.2) is 4.98 Å². The number of nitrogens with zero attached hydrogens (tertiary/aromatic N) is 1. The molecule has 1 aromatic carbocycles. The van der Waals surface area contributed by atoms with Gasteiger partial charge >= 0.3 is 0 Å². The van der Waals surface area contributed by atoms with E-state index in [-0.39, 0.29) is 11.5 Å². The van der Waals surface area contributed by atoms with Gasteiger partial charge in [0.2, 0.25) is 5.82 Å². The number of rotatable bonds is 2. The number of aromatic amines is 1. The zero-order valence-corrected chi connectivity index (χ0v) is 10.5. The van der Waals surface area contributed by atoms with Crippen LogP contribution < -0.4 is 10.3 Å². The van der Waals surface area contributed by atoms with Crippen LogP contribution in [-0.2, 0) is 0 Å². The van der Waals surface area contributed by atoms with Crippen LogP contribution in [0.15, 0.2) is 23.0 Å². The molecule has 0 atom stereocenters. The molecule has 0 amide bonds. The lowest BCUT2D eigenvalue weighted by Gasteiger charge is -2.06. The van der Waals surface area contributed by atoms with Crippen molar-refractivity contribution in [2.45, 2.75) is 6.92 Å². The summed E-state index contributed by atoms with van der Waals surface area (Å²) in [6, 6.07) is 4.92. The number of halogens is 2. The van der Waals surface area contributed by atoms with Gasteiger partial charge in [-0.1, -0.05) is 11.6 Å². The van der Waals surface area contributed by atoms with Crippen LogP contribution in [0.25, 0.3) is 11.4 Å². The number of aryl methyl sites for hydroxylation is 1. The molecule has 1 heterocycles. The molecular weight excluding hydrogens is 259 g/mol. The van der Waals surface area contributed by atoms with Crippen molar-refractivity contribution in [1.29, 1.82) is 0 Å². The van der Waals surface area contributed by atoms with Crippen LogP contribution in [0.5, 0.6) is 5.75 Å². The van der Waals surface area contributed by atoms with Crippen molar-refractivity contribution in [3.05, 3.63) is 45.1 Å². The van der Waals surface area contributed by atoms with Crippen molar-refractivity contribution < 1.29 is 9.13 Å². The van der Waals surface area contributed by atoms with E-state index in [1.165, 1.54) is 14.0 Å². The largest absolute Gasteiger partial charge is 0.495 e. The van der Waals surface area contributed by atoms with Crippen LogP contribution in [-0.4, -0.2) is 17.1 Å². The molecule has 0 spiro atoms. The SMILES string of the molecule is COc1ccc(-c2nc(C)c(F)c(=O)[nH]2)cc1Cl. The summed E-state index contributed by atoms with van der Waals surface area (Å²) < 4.78 is 18.2. The van der Waals surface area contributed by atoms with Crippen LogP contribution in [0.3, 0.4) is 0 Å². The number of ether oxygens (including phenoxy) is 1. The van der Waals surface area contributed by atoms with E-state index in [9.17, 15) is 9.18 Å². The normalized spacial score (nSPS) is 10.4. The van der Waals surface area contributed by atoms with Gasteiger partial charge < -0.3 is 9.72 Å². The summed E-state index contributed by atoms with van der Waals surface area (Å²) in [4.78, 5) is 17.6. The highest BCUT2D eigenvalue weighted by Crippen LogP contribution is 2.28. The Kier molecular flexibility index (Phi) is 3.34. The van der Waals surface area contributed by atoms with Crippen LogP contribution in [0, 0.1) is 12.7 Å². The third kappa shape index (κ3) is 2.22. The van der Waals surface area contributed by atoms with Gasteiger partial charge in [-0.3, -0.25) is 4.79 Å². The zero-order chi connectivity index (χ0) is 13.3. The van der Waals surface area contributed by atoms with Crippen molar-refractivity contribution in [3.8, 4) is 17.1 Å². The maximum atomic E-state index is 13.2. The minimum absolute atomic E-state index is 0.0423. The van der Waals surface area contributed by atoms with E-state index in [0.29, 0.717) is 16.3 Å². The minimum atomic E-state index is -0.877. The van der Waals surface area contributed by atoms with Crippen molar-refractivity contribution in [1.82, 2.24) is 9.97 Å². The second-order valence-electron chi connectivity index (χ2n) is 3.66. The summed E-state index contributed by atoms with van der Waals surface area (Å²) in [5.74, 6) is -0.0941. The predicted molar refractivity (Wildman–Crippen MR) is 66.6 cm³/mol. The fraction of sp³-hybridized carbons (Fsp3) is 0.167. The lowest BCUT2D eigenvalue weighted by molar-refractivity contribution is 0.415. The molecule has 0 radical (unpaired) electrons. The molecule has 2 aromatic rings. The zero-order valence-electron chi connectivity index (χ0n) is 9.75. The molecule has 0 aliphatic carbocycles. The molecule has 0 saturated heterocycles. The standard InChI is InChI=1S/C12H10ClFN2O2/c1-6-10(14)12(17)16-11(15-6)7-3-4-9(18-2)8(13)5-7/h3-5H,1-2H3,(H,15,16,17). The van der Waals surface area contributed by atoms with Gasteiger partial charge in [0.15, 0.2) is 0 Å². The van der Waals surface area contributed by atoms with Crippen molar-refractivity contribution in [2.75, 3.05) is 7.11 Å². The van der Waals surface area contributed by atoms with Gasteiger partial charge in [0, 0.05) is 5.56 Å². The average molecular weight is 269 g/mol. The number of aromatic nitrogens is 2. The highest BCUT2D eigenvalue weighted by molar-refractivity contribution is 6.32. The van der Waals surface area contributed by atoms with Crippen LogP contribution in [0.1, 0.15) is 5.69 Å². The second-order valence-corrected chi connectivity index (χ2v) is 4.07. The topological polar surface area (TPSA) is 55.0 Å². The molecule has 0 aliphatic heterocycles. The van der Waals surface area contributed by atoms with Crippen molar-refractivity contribution in [3.63, 3.8) is 0 Å². The van der Waals surface area contributed by atoms with Gasteiger partial charge in [0.05, 0.1) is 17.8 Å². The third-order valence-corrected chi connectivity index (χ3v) is 2.75. The van der Waals surface area contributed by atoms with Gasteiger partial charge in [-0.05, 0) is 25.1 Å². The molecule has 2 rings (SSSR count). The Hall–Kier alpha value is -1.88. The Morgan fingerprint density at radius 2 is 2.17 bits per heavy atom. The van der Waals surface area contributed by atoms with E-state index >= 15 is 0 Å². The highest BCUT2D eigenvalue weighted by atomic mass is 35.5. The highest BCUT2D eigenvalue weighted by Gasteiger charge is 2.10. The number of benzene rings is 1. The summed E-state index contributed by atoms with van der Waals surface area (Å²) in [6.45, 7) is 1.43. The number of H-pyrrole nitrogens is 1. The van der Waals surface area contributed by atoms with Crippen LogP contribution in [0.4, 0.5) is 4.39 Å². The van der Waals surface area contributed by atoms with E-state index < -0.39 is 11.4 Å².